The number of carboxylic acids is 1. The molecule has 44 heavy (non-hydrogen) atoms. The molecular formula is C25H27N10O5S4+. The normalized spacial score (nSPS) is 18.9. The average Bonchev–Trinajstić information content (AvgIpc) is 3.63. The van der Waals surface area contributed by atoms with E-state index in [1.807, 2.05) is 16.7 Å². The molecule has 0 bridgehead atoms. The molecule has 0 aromatic carbocycles. The molecule has 3 aromatic heterocycles. The molecule has 0 radical (unpaired) electrons. The van der Waals surface area contributed by atoms with Crippen molar-refractivity contribution in [2.75, 3.05) is 36.6 Å². The Labute approximate surface area is 267 Å². The van der Waals surface area contributed by atoms with Crippen molar-refractivity contribution >= 4 is 80.9 Å². The van der Waals surface area contributed by atoms with E-state index in [-0.39, 0.29) is 35.4 Å². The van der Waals surface area contributed by atoms with Crippen molar-refractivity contribution in [3.8, 4) is 6.07 Å². The first kappa shape index (κ1) is 31.6. The molecule has 3 aromatic rings. The van der Waals surface area contributed by atoms with Gasteiger partial charge in [-0.2, -0.15) is 5.26 Å². The number of hydrogen-bond donors (Lipinski definition) is 4. The van der Waals surface area contributed by atoms with E-state index in [0.29, 0.717) is 17.9 Å². The molecule has 1 unspecified atom stereocenters. The number of carbonyl (C=O) groups excluding carboxylic acids is 2. The van der Waals surface area contributed by atoms with Gasteiger partial charge in [-0.1, -0.05) is 10.3 Å². The highest BCUT2D eigenvalue weighted by Crippen LogP contribution is 2.40. The molecule has 0 saturated carbocycles. The SMILES string of the molecule is CSC(C#N)CO/N=C(\C(=O)N[C@@H]1C(=O)N2C(C(=O)O)=C(C[n+]3ccn4nc(SCCN)ccc43)CS[C@H]12)c1csc(N)n1. The van der Waals surface area contributed by atoms with Gasteiger partial charge in [0.15, 0.2) is 17.0 Å². The zero-order chi connectivity index (χ0) is 31.4. The lowest BCUT2D eigenvalue weighted by molar-refractivity contribution is -0.662. The molecule has 5 rings (SSSR count). The fourth-order valence-electron chi connectivity index (χ4n) is 4.49. The van der Waals surface area contributed by atoms with Gasteiger partial charge in [-0.3, -0.25) is 14.5 Å². The zero-order valence-corrected chi connectivity index (χ0v) is 26.4. The summed E-state index contributed by atoms with van der Waals surface area (Å²) in [5, 5.41) is 31.8. The third-order valence-corrected chi connectivity index (χ3v) is 10.3. The van der Waals surface area contributed by atoms with E-state index in [9.17, 15) is 19.5 Å². The first-order chi connectivity index (χ1) is 21.2. The number of β-lactam (4-membered cyclic amide) rings is 1. The van der Waals surface area contributed by atoms with Crippen LogP contribution in [0.4, 0.5) is 5.13 Å². The number of rotatable bonds is 13. The molecule has 2 aliphatic heterocycles. The number of nitrogens with zero attached hydrogens (tertiary/aromatic N) is 7. The Morgan fingerprint density at radius 1 is 1.43 bits per heavy atom. The number of thioether (sulfide) groups is 3. The molecule has 1 fully saturated rings. The van der Waals surface area contributed by atoms with Gasteiger partial charge >= 0.3 is 11.6 Å². The molecule has 19 heteroatoms. The summed E-state index contributed by atoms with van der Waals surface area (Å²) in [6, 6.07) is 4.83. The fraction of sp³-hybridized carbons (Fsp3) is 0.360. The largest absolute Gasteiger partial charge is 0.477 e. The Morgan fingerprint density at radius 2 is 2.25 bits per heavy atom. The van der Waals surface area contributed by atoms with Crippen LogP contribution in [0.3, 0.4) is 0 Å². The number of nitriles is 1. The highest BCUT2D eigenvalue weighted by atomic mass is 32.2. The van der Waals surface area contributed by atoms with E-state index in [1.165, 1.54) is 45.6 Å². The van der Waals surface area contributed by atoms with Crippen molar-refractivity contribution in [3.63, 3.8) is 0 Å². The second kappa shape index (κ2) is 13.9. The van der Waals surface area contributed by atoms with Crippen LogP contribution in [0.15, 0.2) is 51.4 Å². The maximum Gasteiger partial charge on any atom is 0.352 e. The summed E-state index contributed by atoms with van der Waals surface area (Å²) in [6.45, 7) is 0.694. The molecule has 230 valence electrons. The minimum atomic E-state index is -1.24. The van der Waals surface area contributed by atoms with E-state index >= 15 is 0 Å². The average molecular weight is 676 g/mol. The Bertz CT molecular complexity index is 1700. The van der Waals surface area contributed by atoms with Crippen molar-refractivity contribution in [2.24, 2.45) is 10.9 Å². The minimum absolute atomic E-state index is 0.0715. The molecule has 3 atom stereocenters. The Kier molecular flexibility index (Phi) is 9.95. The van der Waals surface area contributed by atoms with Gasteiger partial charge in [0.2, 0.25) is 0 Å². The highest BCUT2D eigenvalue weighted by molar-refractivity contribution is 8.00. The number of aromatic nitrogens is 4. The number of aliphatic carboxylic acids is 1. The fourth-order valence-corrected chi connectivity index (χ4v) is 7.31. The molecule has 5 heterocycles. The van der Waals surface area contributed by atoms with E-state index in [1.54, 1.807) is 23.2 Å². The van der Waals surface area contributed by atoms with Gasteiger partial charge in [0.1, 0.15) is 52.4 Å². The summed E-state index contributed by atoms with van der Waals surface area (Å²) in [4.78, 5) is 49.6. The van der Waals surface area contributed by atoms with Gasteiger partial charge in [-0.05, 0) is 12.3 Å². The van der Waals surface area contributed by atoms with Crippen LogP contribution in [0.1, 0.15) is 5.69 Å². The highest BCUT2D eigenvalue weighted by Gasteiger charge is 2.54. The maximum atomic E-state index is 13.3. The first-order valence-electron chi connectivity index (χ1n) is 13.0. The Hall–Kier alpha value is -3.83. The summed E-state index contributed by atoms with van der Waals surface area (Å²) in [5.74, 6) is -1.49. The number of hydrogen-bond acceptors (Lipinski definition) is 14. The van der Waals surface area contributed by atoms with Gasteiger partial charge in [-0.15, -0.1) is 51.1 Å². The monoisotopic (exact) mass is 675 g/mol. The Morgan fingerprint density at radius 3 is 2.93 bits per heavy atom. The lowest BCUT2D eigenvalue weighted by Gasteiger charge is -2.49. The minimum Gasteiger partial charge on any atom is -0.477 e. The van der Waals surface area contributed by atoms with Crippen LogP contribution in [0.2, 0.25) is 0 Å². The lowest BCUT2D eigenvalue weighted by Crippen LogP contribution is -2.71. The number of thiazole rings is 1. The molecule has 2 aliphatic rings. The van der Waals surface area contributed by atoms with Crippen LogP contribution < -0.4 is 21.4 Å². The number of anilines is 1. The van der Waals surface area contributed by atoms with Gasteiger partial charge in [-0.25, -0.2) is 14.3 Å². The summed E-state index contributed by atoms with van der Waals surface area (Å²) >= 11 is 5.25. The van der Waals surface area contributed by atoms with Gasteiger partial charge in [0.25, 0.3) is 11.8 Å². The Balaban J connectivity index is 1.33. The molecule has 6 N–H and O–H groups in total. The standard InChI is InChI=1S/C25H26N10O5S4/c1-41-14(8-27)10-40-32-18(15-12-44-25(28)29-15)21(36)30-19-22(37)35-20(24(38)39)13(11-43-23(19)35)9-33-5-6-34-17(33)3-2-16(31-34)42-7-4-26/h2-3,5-6,12,14,19,23H,4,7,9-11,26H2,1H3,(H3-,28,29,30,36,38,39)/p+1/b32-18-/t14?,19-,23-/m1/s1. The summed E-state index contributed by atoms with van der Waals surface area (Å²) in [5.41, 5.74) is 12.4. The molecule has 15 nitrogen and oxygen atoms in total. The lowest BCUT2D eigenvalue weighted by atomic mass is 10.0. The number of nitrogens with one attached hydrogen (secondary N) is 1. The first-order valence-corrected chi connectivity index (χ1v) is 17.2. The molecule has 1 saturated heterocycles. The number of oxime groups is 1. The third kappa shape index (κ3) is 6.49. The number of carboxylic acid groups (broad SMARTS) is 1. The van der Waals surface area contributed by atoms with Gasteiger partial charge in [0, 0.05) is 35.1 Å². The van der Waals surface area contributed by atoms with Crippen LogP contribution in [-0.2, 0) is 25.8 Å². The van der Waals surface area contributed by atoms with Crippen molar-refractivity contribution in [2.45, 2.75) is 28.2 Å². The second-order valence-corrected chi connectivity index (χ2v) is 13.5. The van der Waals surface area contributed by atoms with E-state index in [4.69, 9.17) is 21.6 Å². The van der Waals surface area contributed by atoms with Crippen LogP contribution in [0.25, 0.3) is 5.65 Å². The summed E-state index contributed by atoms with van der Waals surface area (Å²) < 4.78 is 3.57. The number of fused-ring (bicyclic) bond motifs is 2. The number of nitrogens with two attached hydrogens (primary N) is 2. The summed E-state index contributed by atoms with van der Waals surface area (Å²) in [7, 11) is 0. The van der Waals surface area contributed by atoms with Crippen molar-refractivity contribution in [1.82, 2.24) is 24.8 Å². The maximum absolute atomic E-state index is 13.3. The van der Waals surface area contributed by atoms with Crippen LogP contribution >= 0.6 is 46.6 Å². The quantitative estimate of drug-likeness (QED) is 0.0623. The summed E-state index contributed by atoms with van der Waals surface area (Å²) in [6.07, 6.45) is 5.33. The molecule has 2 amide bonds. The van der Waals surface area contributed by atoms with Crippen molar-refractivity contribution in [1.29, 1.82) is 5.26 Å². The number of amides is 2. The van der Waals surface area contributed by atoms with Crippen molar-refractivity contribution < 1.29 is 28.9 Å². The van der Waals surface area contributed by atoms with Crippen molar-refractivity contribution in [3.05, 3.63) is 46.9 Å². The van der Waals surface area contributed by atoms with E-state index in [0.717, 1.165) is 27.8 Å². The van der Waals surface area contributed by atoms with Crippen LogP contribution in [0.5, 0.6) is 0 Å². The number of imidazole rings is 1. The zero-order valence-electron chi connectivity index (χ0n) is 23.2. The van der Waals surface area contributed by atoms with Crippen LogP contribution in [0, 0.1) is 11.3 Å². The predicted molar refractivity (Wildman–Crippen MR) is 167 cm³/mol. The number of carbonyl (C=O) groups is 3. The second-order valence-electron chi connectivity index (χ2n) is 9.32. The third-order valence-electron chi connectivity index (χ3n) is 6.55. The van der Waals surface area contributed by atoms with Crippen LogP contribution in [-0.4, -0.2) is 95.7 Å². The van der Waals surface area contributed by atoms with Gasteiger partial charge < -0.3 is 26.7 Å². The predicted octanol–water partition coefficient (Wildman–Crippen LogP) is 0.126. The smallest absolute Gasteiger partial charge is 0.352 e. The van der Waals surface area contributed by atoms with E-state index < -0.39 is 34.4 Å². The number of nitrogen functional groups attached to an aromatic ring is 1. The molecular weight excluding hydrogens is 649 g/mol. The molecule has 0 spiro atoms. The van der Waals surface area contributed by atoms with E-state index in [2.05, 4.69) is 26.6 Å². The molecule has 0 aliphatic carbocycles. The topological polar surface area (TPSA) is 218 Å². The van der Waals surface area contributed by atoms with Gasteiger partial charge in [0.05, 0.1) is 6.07 Å².